The molecule has 1 atom stereocenters. The molecule has 0 saturated heterocycles. The summed E-state index contributed by atoms with van der Waals surface area (Å²) in [7, 11) is 20.0. The van der Waals surface area contributed by atoms with Gasteiger partial charge in [-0.1, -0.05) is 80.7 Å². The Bertz CT molecular complexity index is 5190. The number of methoxy groups -OCH3 is 3. The van der Waals surface area contributed by atoms with E-state index >= 15 is 0 Å². The number of thiocarbonyl (C=S) groups is 1. The normalized spacial score (nSPS) is 13.1. The summed E-state index contributed by atoms with van der Waals surface area (Å²) in [6.07, 6.45) is 8.76. The van der Waals surface area contributed by atoms with Crippen molar-refractivity contribution in [3.63, 3.8) is 0 Å². The highest BCUT2D eigenvalue weighted by Gasteiger charge is 2.24. The molecule has 0 bridgehead atoms. The number of carbonyl (C=O) groups is 1. The molecule has 6 aliphatic heterocycles. The van der Waals surface area contributed by atoms with Crippen molar-refractivity contribution in [1.29, 1.82) is 0 Å². The van der Waals surface area contributed by atoms with Crippen molar-refractivity contribution in [2.75, 3.05) is 93.7 Å². The summed E-state index contributed by atoms with van der Waals surface area (Å²) in [5.74, 6) is 5.69. The number of nitrogens with one attached hydrogen (secondary N) is 3. The van der Waals surface area contributed by atoms with Crippen molar-refractivity contribution >= 4 is 251 Å². The monoisotopic (exact) mass is 2040 g/mol. The summed E-state index contributed by atoms with van der Waals surface area (Å²) in [6.45, 7) is 4.61. The number of anilines is 4. The quantitative estimate of drug-likeness (QED) is 0.00986. The topological polar surface area (TPSA) is 464 Å². The second-order valence-corrected chi connectivity index (χ2v) is 48.7. The highest BCUT2D eigenvalue weighted by Crippen LogP contribution is 2.69. The molecule has 7 N–H and O–H groups in total. The Morgan fingerprint density at radius 2 is 1.02 bits per heavy atom. The third-order valence-electron chi connectivity index (χ3n) is 14.3. The molecule has 0 aliphatic carbocycles. The second kappa shape index (κ2) is 56.0. The van der Waals surface area contributed by atoms with Crippen LogP contribution in [0.3, 0.4) is 0 Å². The fourth-order valence-electron chi connectivity index (χ4n) is 9.01. The third-order valence-corrected chi connectivity index (χ3v) is 48.9. The zero-order chi connectivity index (χ0) is 83.9. The number of nitro benzene ring substituents is 5. The van der Waals surface area contributed by atoms with Gasteiger partial charge in [0.05, 0.1) is 72.7 Å². The number of nitrogen functional groups attached to an aromatic ring is 1. The number of hydrogen-bond acceptors (Lipinski definition) is 31. The lowest BCUT2D eigenvalue weighted by Crippen LogP contribution is -2.27. The second-order valence-electron chi connectivity index (χ2n) is 21.4. The van der Waals surface area contributed by atoms with Gasteiger partial charge in [-0.3, -0.25) is 69.5 Å². The molecular formula is C65H77IN16O20P4S12. The summed E-state index contributed by atoms with van der Waals surface area (Å²) in [5, 5.41) is 62.0. The van der Waals surface area contributed by atoms with E-state index in [9.17, 15) is 55.4 Å². The van der Waals surface area contributed by atoms with Crippen molar-refractivity contribution in [2.24, 2.45) is 15.7 Å². The van der Waals surface area contributed by atoms with Gasteiger partial charge in [0.25, 0.3) is 34.3 Å². The Hall–Kier alpha value is -7.71. The molecule has 1 amide bonds. The Labute approximate surface area is 741 Å². The maximum atomic E-state index is 10.9. The zero-order valence-electron chi connectivity index (χ0n) is 60.3. The average Bonchev–Trinajstić information content (AvgIpc) is 1.60. The number of carbonyl (C=O) groups excluding carboxylic acids is 1. The van der Waals surface area contributed by atoms with Gasteiger partial charge in [0.15, 0.2) is 24.5 Å². The van der Waals surface area contributed by atoms with Gasteiger partial charge < -0.3 is 70.0 Å². The molecule has 0 radical (unpaired) electrons. The van der Waals surface area contributed by atoms with Crippen molar-refractivity contribution in [2.45, 2.75) is 54.8 Å². The molecule has 0 spiro atoms. The van der Waals surface area contributed by atoms with Crippen molar-refractivity contribution in [3.8, 4) is 45.9 Å². The zero-order valence-corrected chi connectivity index (χ0v) is 75.9. The summed E-state index contributed by atoms with van der Waals surface area (Å²) >= 11 is 23.2. The number of nitrogens with zero attached hydrogens (tertiary/aromatic N) is 11. The number of hydrogen-bond donors (Lipinski definition) is 5. The number of halogens is 1. The number of thioether (sulfide) groups is 1. The van der Waals surface area contributed by atoms with Crippen molar-refractivity contribution in [3.05, 3.63) is 196 Å². The number of benzene rings is 6. The molecule has 6 aliphatic rings. The molecule has 0 saturated carbocycles. The first-order chi connectivity index (χ1) is 55.4. The minimum Gasteiger partial charge on any atom is -0.484 e. The number of rotatable bonds is 14. The number of aliphatic imine (C=N–C) groups is 2. The first kappa shape index (κ1) is 104. The number of non-ortho nitro benzene ring substituents is 5. The summed E-state index contributed by atoms with van der Waals surface area (Å²) in [5.41, 5.74) is 15.2. The van der Waals surface area contributed by atoms with Crippen LogP contribution in [0.1, 0.15) is 40.9 Å². The molecule has 0 fully saturated rings. The molecule has 8 heterocycles. The number of nitrogens with two attached hydrogens (primary N) is 2. The SMILES string of the molecule is C.C.C.CI.COC(C)CN=C1COc2ccc([N+](=O)[O-])cc2N1.COC(CN)OC.CSC1=Nc2cc([N+](=O)[O-])ccc2OC1.Nc1ccc2c(c1)-n1ccnc1CO2.O=C1COc2ccc([N+](=O)[O-])cc2N1.O=[N+]([O-])c1ccc2c(c1)-n1ccnc1CO2.O=[N+]([O-])c1ccc2c(c1)NC(=S)CO2.S=PP(P=S)P=S=S=S=S=S=S=S=S. The van der Waals surface area contributed by atoms with E-state index in [1.54, 1.807) is 113 Å². The van der Waals surface area contributed by atoms with E-state index in [2.05, 4.69) is 58.5 Å². The van der Waals surface area contributed by atoms with Crippen LogP contribution in [-0.4, -0.2) is 150 Å². The van der Waals surface area contributed by atoms with E-state index in [1.807, 2.05) is 56.6 Å². The highest BCUT2D eigenvalue weighted by atomic mass is 127. The van der Waals surface area contributed by atoms with Crippen LogP contribution in [-0.2, 0) is 130 Å². The lowest BCUT2D eigenvalue weighted by molar-refractivity contribution is -0.385. The van der Waals surface area contributed by atoms with Gasteiger partial charge >= 0.3 is 0 Å². The Balaban J connectivity index is 0.000000349. The molecule has 118 heavy (non-hydrogen) atoms. The molecule has 1 unspecified atom stereocenters. The predicted octanol–water partition coefficient (Wildman–Crippen LogP) is 15.8. The Morgan fingerprint density at radius 3 is 1.50 bits per heavy atom. The molecule has 14 rings (SSSR count). The number of ether oxygens (including phenoxy) is 9. The molecule has 2 aromatic heterocycles. The number of alkyl halides is 1. The van der Waals surface area contributed by atoms with Crippen molar-refractivity contribution in [1.82, 2.24) is 19.1 Å². The summed E-state index contributed by atoms with van der Waals surface area (Å²) in [6, 6.07) is 27.4. The Morgan fingerprint density at radius 1 is 0.585 bits per heavy atom. The van der Waals surface area contributed by atoms with Crippen LogP contribution in [0.4, 0.5) is 56.9 Å². The van der Waals surface area contributed by atoms with Crippen LogP contribution >= 0.6 is 74.7 Å². The van der Waals surface area contributed by atoms with E-state index in [-0.39, 0.29) is 82.6 Å². The number of nitro groups is 5. The lowest BCUT2D eigenvalue weighted by Gasteiger charge is -2.20. The third kappa shape index (κ3) is 33.7. The maximum Gasteiger partial charge on any atom is 0.271 e. The number of imidazole rings is 2. The minimum atomic E-state index is -0.527. The minimum absolute atomic E-state index is 0. The van der Waals surface area contributed by atoms with Crippen LogP contribution in [0.25, 0.3) is 11.4 Å². The van der Waals surface area contributed by atoms with Gasteiger partial charge in [-0.2, -0.15) is 0 Å². The van der Waals surface area contributed by atoms with Crippen LogP contribution in [0, 0.1) is 50.6 Å². The van der Waals surface area contributed by atoms with E-state index in [0.29, 0.717) is 114 Å². The van der Waals surface area contributed by atoms with Crippen LogP contribution in [0.15, 0.2) is 144 Å². The number of aromatic nitrogens is 4. The van der Waals surface area contributed by atoms with E-state index < -0.39 is 24.6 Å². The smallest absolute Gasteiger partial charge is 0.271 e. The van der Waals surface area contributed by atoms with Gasteiger partial charge in [0.2, 0.25) is 0 Å². The van der Waals surface area contributed by atoms with Gasteiger partial charge in [0.1, 0.15) is 89.1 Å². The molecule has 6 aromatic carbocycles. The average molecular weight is 2040 g/mol. The summed E-state index contributed by atoms with van der Waals surface area (Å²) in [4.78, 5) is 80.8. The summed E-state index contributed by atoms with van der Waals surface area (Å²) < 4.78 is 50.4. The number of fused-ring (bicyclic) bond motifs is 10. The number of amidine groups is 1. The van der Waals surface area contributed by atoms with Gasteiger partial charge in [-0.25, -0.2) is 15.0 Å². The fourth-order valence-corrected chi connectivity index (χ4v) is 44.9. The van der Waals surface area contributed by atoms with E-state index in [0.717, 1.165) is 47.9 Å². The molecule has 36 nitrogen and oxygen atoms in total. The van der Waals surface area contributed by atoms with Crippen LogP contribution in [0.2, 0.25) is 0 Å². The van der Waals surface area contributed by atoms with Crippen molar-refractivity contribution < 1.29 is 72.0 Å². The number of amides is 1. The van der Waals surface area contributed by atoms with Gasteiger partial charge in [-0.15, -0.1) is 11.8 Å². The standard InChI is InChI=1S/C12H15N3O4.C10H7N3O3.C10H9N3O.C9H8N2O3S.C8H6N2O4.C8H6N2O3S.C4H11NO2.CH3I.3CH4.P4S10/c1-8(18-2)6-13-12-7-19-11-4-3-9(15(16)17)5-10(11)14-12;14-13(15)7-1-2-9-8(5-7)12-4-3-11-10(12)6-16-9;11-7-1-2-9-8(5-7)13-4-3-12-10(13)6-14-9;1-15-9-5-14-8-3-2-6(11(12)13)4-7(8)10-9;11-8-4-14-7-2-1-5(10(12)13)3-6(7)9-8;11-10(12)5-1-2-7-6(3-5)9-8(14)4-13-7;1-6-4(3-5)7-2;1-2;;;;5-1-4(2-6)3-8-10-12-14-13-11-9-7/h3-5,8H,6-7H2,1-2H3,(H,13,14);1-5H,6H2;1-5H,6,11H2;2-4H,5H2,1H3;1-3H,4H2,(H,9,11);1-3H,4H2,(H,9,14);4H,3,5H2,1-2H3;1H3;3*1H4;. The molecule has 8 aromatic rings. The Kier molecular flexibility index (Phi) is 49.6. The first-order valence-corrected chi connectivity index (χ1v) is 54.0. The molecule has 636 valence electrons. The first-order valence-electron chi connectivity index (χ1n) is 31.7. The van der Waals surface area contributed by atoms with E-state index in [1.165, 1.54) is 94.4 Å². The fraction of sp³-hybridized carbons (Fsp3) is 0.292. The predicted molar refractivity (Wildman–Crippen MR) is 507 cm³/mol. The lowest BCUT2D eigenvalue weighted by atomic mass is 10.2. The van der Waals surface area contributed by atoms with Gasteiger partial charge in [0, 0.05) is 140 Å². The van der Waals surface area contributed by atoms with Crippen LogP contribution in [0.5, 0.6) is 34.5 Å². The van der Waals surface area contributed by atoms with E-state index in [4.69, 9.17) is 101 Å². The van der Waals surface area contributed by atoms with Gasteiger partial charge in [-0.05, 0) is 141 Å². The van der Waals surface area contributed by atoms with Crippen LogP contribution < -0.4 is 55.8 Å². The molecular weight excluding hydrogens is 1960 g/mol. The maximum absolute atomic E-state index is 10.9. The highest BCUT2D eigenvalue weighted by molar-refractivity contribution is 14.1. The largest absolute Gasteiger partial charge is 0.484 e. The molecule has 53 heteroatoms.